The van der Waals surface area contributed by atoms with E-state index < -0.39 is 6.04 Å². The van der Waals surface area contributed by atoms with Crippen LogP contribution in [-0.4, -0.2) is 29.3 Å². The van der Waals surface area contributed by atoms with E-state index >= 15 is 0 Å². The Hall–Kier alpha value is -3.40. The molecule has 3 aromatic carbocycles. The zero-order valence-electron chi connectivity index (χ0n) is 20.6. The van der Waals surface area contributed by atoms with Gasteiger partial charge in [0.05, 0.1) is 6.42 Å². The van der Waals surface area contributed by atoms with Crippen LogP contribution in [0.25, 0.3) is 0 Å². The molecule has 0 saturated heterocycles. The third kappa shape index (κ3) is 7.31. The van der Waals surface area contributed by atoms with Crippen LogP contribution < -0.4 is 5.32 Å². The molecule has 4 heteroatoms. The van der Waals surface area contributed by atoms with Crippen molar-refractivity contribution in [2.45, 2.75) is 59.0 Å². The molecule has 1 atom stereocenters. The van der Waals surface area contributed by atoms with Gasteiger partial charge in [-0.05, 0) is 48.1 Å². The molecule has 3 aromatic rings. The maximum atomic E-state index is 13.7. The Morgan fingerprint density at radius 2 is 1.47 bits per heavy atom. The number of rotatable bonds is 11. The van der Waals surface area contributed by atoms with Gasteiger partial charge in [-0.3, -0.25) is 9.59 Å². The second-order valence-electron chi connectivity index (χ2n) is 8.95. The van der Waals surface area contributed by atoms with E-state index in [1.165, 1.54) is 5.56 Å². The van der Waals surface area contributed by atoms with E-state index in [9.17, 15) is 9.59 Å². The lowest BCUT2D eigenvalue weighted by atomic mass is 10.00. The minimum Gasteiger partial charge on any atom is -0.354 e. The van der Waals surface area contributed by atoms with Crippen LogP contribution >= 0.6 is 0 Å². The number of unbranched alkanes of at least 4 members (excludes halogenated alkanes) is 1. The first kappa shape index (κ1) is 25.2. The van der Waals surface area contributed by atoms with Crippen molar-refractivity contribution < 1.29 is 9.59 Å². The highest BCUT2D eigenvalue weighted by Crippen LogP contribution is 2.18. The fraction of sp³-hybridized carbons (Fsp3) is 0.333. The molecule has 0 heterocycles. The summed E-state index contributed by atoms with van der Waals surface area (Å²) in [7, 11) is 0. The molecule has 1 unspecified atom stereocenters. The van der Waals surface area contributed by atoms with E-state index in [4.69, 9.17) is 0 Å². The van der Waals surface area contributed by atoms with Gasteiger partial charge >= 0.3 is 0 Å². The Bertz CT molecular complexity index is 1060. The van der Waals surface area contributed by atoms with Gasteiger partial charge in [0, 0.05) is 19.5 Å². The first-order valence-corrected chi connectivity index (χ1v) is 12.2. The molecule has 0 spiro atoms. The number of aryl methyl sites for hydroxylation is 2. The highest BCUT2D eigenvalue weighted by Gasteiger charge is 2.30. The first-order valence-electron chi connectivity index (χ1n) is 12.2. The molecule has 0 saturated carbocycles. The summed E-state index contributed by atoms with van der Waals surface area (Å²) in [6.07, 6.45) is 2.66. The maximum absolute atomic E-state index is 13.7. The largest absolute Gasteiger partial charge is 0.354 e. The van der Waals surface area contributed by atoms with Gasteiger partial charge < -0.3 is 10.2 Å². The summed E-state index contributed by atoms with van der Waals surface area (Å²) in [6.45, 7) is 7.24. The second kappa shape index (κ2) is 12.7. The Kier molecular flexibility index (Phi) is 9.45. The van der Waals surface area contributed by atoms with Gasteiger partial charge in [-0.1, -0.05) is 92.2 Å². The van der Waals surface area contributed by atoms with Crippen LogP contribution in [0, 0.1) is 13.8 Å². The average Bonchev–Trinajstić information content (AvgIpc) is 2.85. The number of nitrogens with one attached hydrogen (secondary N) is 1. The SMILES string of the molecule is CCCCNC(=O)C(Cc1ccccc1)N(Cc1ccccc1)C(=O)Cc1ccc(C)c(C)c1. The summed E-state index contributed by atoms with van der Waals surface area (Å²) >= 11 is 0. The highest BCUT2D eigenvalue weighted by molar-refractivity contribution is 5.88. The molecule has 0 bridgehead atoms. The number of nitrogens with zero attached hydrogens (tertiary/aromatic N) is 1. The predicted octanol–water partition coefficient (Wildman–Crippen LogP) is 5.40. The van der Waals surface area contributed by atoms with E-state index in [2.05, 4.69) is 38.2 Å². The summed E-state index contributed by atoms with van der Waals surface area (Å²) in [6, 6.07) is 25.4. The van der Waals surface area contributed by atoms with Gasteiger partial charge in [0.15, 0.2) is 0 Å². The Morgan fingerprint density at radius 1 is 0.824 bits per heavy atom. The molecule has 0 fully saturated rings. The van der Waals surface area contributed by atoms with E-state index in [1.807, 2.05) is 66.7 Å². The Morgan fingerprint density at radius 3 is 2.09 bits per heavy atom. The van der Waals surface area contributed by atoms with Crippen LogP contribution in [0.15, 0.2) is 78.9 Å². The average molecular weight is 457 g/mol. The quantitative estimate of drug-likeness (QED) is 0.393. The summed E-state index contributed by atoms with van der Waals surface area (Å²) in [5.74, 6) is -0.139. The van der Waals surface area contributed by atoms with Crippen LogP contribution in [0.4, 0.5) is 0 Å². The van der Waals surface area contributed by atoms with E-state index in [0.717, 1.165) is 35.1 Å². The summed E-state index contributed by atoms with van der Waals surface area (Å²) in [5.41, 5.74) is 5.38. The van der Waals surface area contributed by atoms with Crippen molar-refractivity contribution in [2.24, 2.45) is 0 Å². The highest BCUT2D eigenvalue weighted by atomic mass is 16.2. The third-order valence-corrected chi connectivity index (χ3v) is 6.22. The topological polar surface area (TPSA) is 49.4 Å². The van der Waals surface area contributed by atoms with Crippen molar-refractivity contribution in [3.63, 3.8) is 0 Å². The molecule has 0 aromatic heterocycles. The standard InChI is InChI=1S/C30H36N2O2/c1-4-5-18-31-30(34)28(20-25-12-8-6-9-13-25)32(22-26-14-10-7-11-15-26)29(33)21-27-17-16-23(2)24(3)19-27/h6-17,19,28H,4-5,18,20-22H2,1-3H3,(H,31,34). The smallest absolute Gasteiger partial charge is 0.243 e. The molecule has 0 radical (unpaired) electrons. The first-order chi connectivity index (χ1) is 16.5. The Balaban J connectivity index is 1.92. The van der Waals surface area contributed by atoms with Crippen molar-refractivity contribution in [1.82, 2.24) is 10.2 Å². The molecule has 34 heavy (non-hydrogen) atoms. The van der Waals surface area contributed by atoms with Gasteiger partial charge in [-0.15, -0.1) is 0 Å². The van der Waals surface area contributed by atoms with Crippen LogP contribution in [0.2, 0.25) is 0 Å². The Labute approximate surface area is 204 Å². The predicted molar refractivity (Wildman–Crippen MR) is 138 cm³/mol. The fourth-order valence-corrected chi connectivity index (χ4v) is 4.03. The number of benzene rings is 3. The van der Waals surface area contributed by atoms with Crippen molar-refractivity contribution in [3.05, 3.63) is 107 Å². The summed E-state index contributed by atoms with van der Waals surface area (Å²) < 4.78 is 0. The van der Waals surface area contributed by atoms with Crippen molar-refractivity contribution >= 4 is 11.8 Å². The molecule has 0 aliphatic heterocycles. The van der Waals surface area contributed by atoms with E-state index in [1.54, 1.807) is 4.90 Å². The van der Waals surface area contributed by atoms with Crippen molar-refractivity contribution in [1.29, 1.82) is 0 Å². The van der Waals surface area contributed by atoms with Gasteiger partial charge in [0.25, 0.3) is 0 Å². The second-order valence-corrected chi connectivity index (χ2v) is 8.95. The number of hydrogen-bond donors (Lipinski definition) is 1. The minimum atomic E-state index is -0.585. The number of amides is 2. The number of hydrogen-bond acceptors (Lipinski definition) is 2. The zero-order chi connectivity index (χ0) is 24.3. The zero-order valence-corrected chi connectivity index (χ0v) is 20.6. The van der Waals surface area contributed by atoms with Crippen molar-refractivity contribution in [2.75, 3.05) is 6.54 Å². The molecule has 2 amide bonds. The summed E-state index contributed by atoms with van der Waals surface area (Å²) in [5, 5.41) is 3.07. The molecule has 3 rings (SSSR count). The van der Waals surface area contributed by atoms with E-state index in [0.29, 0.717) is 19.5 Å². The number of carbonyl (C=O) groups is 2. The van der Waals surface area contributed by atoms with Crippen molar-refractivity contribution in [3.8, 4) is 0 Å². The fourth-order valence-electron chi connectivity index (χ4n) is 4.03. The van der Waals surface area contributed by atoms with Gasteiger partial charge in [0.1, 0.15) is 6.04 Å². The minimum absolute atomic E-state index is 0.0429. The maximum Gasteiger partial charge on any atom is 0.243 e. The lowest BCUT2D eigenvalue weighted by molar-refractivity contribution is -0.140. The molecule has 1 N–H and O–H groups in total. The normalized spacial score (nSPS) is 11.6. The molecular weight excluding hydrogens is 420 g/mol. The third-order valence-electron chi connectivity index (χ3n) is 6.22. The van der Waals surface area contributed by atoms with Gasteiger partial charge in [0.2, 0.25) is 11.8 Å². The lowest BCUT2D eigenvalue weighted by Gasteiger charge is -2.32. The van der Waals surface area contributed by atoms with Crippen LogP contribution in [0.1, 0.15) is 47.6 Å². The van der Waals surface area contributed by atoms with E-state index in [-0.39, 0.29) is 18.2 Å². The molecule has 0 aliphatic carbocycles. The van der Waals surface area contributed by atoms with Gasteiger partial charge in [-0.25, -0.2) is 0 Å². The molecule has 178 valence electrons. The number of carbonyl (C=O) groups excluding carboxylic acids is 2. The molecule has 0 aliphatic rings. The van der Waals surface area contributed by atoms with Gasteiger partial charge in [-0.2, -0.15) is 0 Å². The molecule has 4 nitrogen and oxygen atoms in total. The van der Waals surface area contributed by atoms with Crippen LogP contribution in [0.5, 0.6) is 0 Å². The monoisotopic (exact) mass is 456 g/mol. The summed E-state index contributed by atoms with van der Waals surface area (Å²) in [4.78, 5) is 28.9. The molecular formula is C30H36N2O2. The van der Waals surface area contributed by atoms with Crippen LogP contribution in [0.3, 0.4) is 0 Å². The van der Waals surface area contributed by atoms with Crippen LogP contribution in [-0.2, 0) is 29.0 Å². The lowest BCUT2D eigenvalue weighted by Crippen LogP contribution is -2.51.